The second-order valence-corrected chi connectivity index (χ2v) is 7.40. The standard InChI is InChI=1S/C18H18FN3O3S/c1-2-13-7-9-14(10-8-13)26(23,24)20-12-11-17-21-18(22-25-17)15-5-3-4-6-16(15)19/h3-10,20H,2,11-12H2,1H3. The van der Waals surface area contributed by atoms with Crippen LogP contribution in [0.15, 0.2) is 57.9 Å². The van der Waals surface area contributed by atoms with E-state index in [1.54, 1.807) is 42.5 Å². The molecule has 0 amide bonds. The average molecular weight is 375 g/mol. The van der Waals surface area contributed by atoms with Gasteiger partial charge >= 0.3 is 0 Å². The molecule has 0 spiro atoms. The van der Waals surface area contributed by atoms with Gasteiger partial charge in [0.2, 0.25) is 21.7 Å². The quantitative estimate of drug-likeness (QED) is 0.686. The largest absolute Gasteiger partial charge is 0.339 e. The number of halogens is 1. The summed E-state index contributed by atoms with van der Waals surface area (Å²) >= 11 is 0. The molecule has 0 unspecified atom stereocenters. The highest BCUT2D eigenvalue weighted by atomic mass is 32.2. The number of hydrogen-bond acceptors (Lipinski definition) is 5. The number of sulfonamides is 1. The predicted octanol–water partition coefficient (Wildman–Crippen LogP) is 2.96. The normalized spacial score (nSPS) is 11.6. The van der Waals surface area contributed by atoms with Gasteiger partial charge in [0, 0.05) is 13.0 Å². The van der Waals surface area contributed by atoms with Crippen molar-refractivity contribution in [2.24, 2.45) is 0 Å². The van der Waals surface area contributed by atoms with Crippen molar-refractivity contribution in [2.45, 2.75) is 24.7 Å². The van der Waals surface area contributed by atoms with Gasteiger partial charge in [0.1, 0.15) is 5.82 Å². The molecule has 1 aromatic heterocycles. The molecule has 0 fully saturated rings. The van der Waals surface area contributed by atoms with E-state index in [1.807, 2.05) is 6.92 Å². The lowest BCUT2D eigenvalue weighted by Crippen LogP contribution is -2.26. The van der Waals surface area contributed by atoms with Gasteiger partial charge in [0.05, 0.1) is 10.5 Å². The number of rotatable bonds is 7. The summed E-state index contributed by atoms with van der Waals surface area (Å²) in [6, 6.07) is 12.8. The summed E-state index contributed by atoms with van der Waals surface area (Å²) in [5, 5.41) is 3.74. The van der Waals surface area contributed by atoms with Gasteiger partial charge in [-0.05, 0) is 36.2 Å². The minimum atomic E-state index is -3.61. The zero-order chi connectivity index (χ0) is 18.6. The Morgan fingerprint density at radius 2 is 1.85 bits per heavy atom. The van der Waals surface area contributed by atoms with E-state index in [0.717, 1.165) is 12.0 Å². The van der Waals surface area contributed by atoms with Crippen LogP contribution in [0.4, 0.5) is 4.39 Å². The molecule has 0 radical (unpaired) electrons. The first-order valence-corrected chi connectivity index (χ1v) is 9.64. The van der Waals surface area contributed by atoms with Crippen LogP contribution in [0.2, 0.25) is 0 Å². The number of nitrogens with zero attached hydrogens (tertiary/aromatic N) is 2. The van der Waals surface area contributed by atoms with Crippen LogP contribution in [0.5, 0.6) is 0 Å². The van der Waals surface area contributed by atoms with E-state index in [-0.39, 0.29) is 35.1 Å². The van der Waals surface area contributed by atoms with E-state index in [9.17, 15) is 12.8 Å². The maximum Gasteiger partial charge on any atom is 0.240 e. The van der Waals surface area contributed by atoms with Gasteiger partial charge in [-0.25, -0.2) is 17.5 Å². The fraction of sp³-hybridized carbons (Fsp3) is 0.222. The van der Waals surface area contributed by atoms with Crippen LogP contribution >= 0.6 is 0 Å². The number of aromatic nitrogens is 2. The summed E-state index contributed by atoms with van der Waals surface area (Å²) in [5.41, 5.74) is 1.30. The van der Waals surface area contributed by atoms with Crippen molar-refractivity contribution in [1.29, 1.82) is 0 Å². The van der Waals surface area contributed by atoms with Crippen LogP contribution in [0, 0.1) is 5.82 Å². The molecule has 3 aromatic rings. The molecular formula is C18H18FN3O3S. The van der Waals surface area contributed by atoms with Gasteiger partial charge in [0.15, 0.2) is 0 Å². The van der Waals surface area contributed by atoms with Crippen LogP contribution in [0.25, 0.3) is 11.4 Å². The minimum absolute atomic E-state index is 0.0940. The van der Waals surface area contributed by atoms with Crippen LogP contribution in [-0.2, 0) is 22.9 Å². The summed E-state index contributed by atoms with van der Waals surface area (Å²) in [4.78, 5) is 4.30. The summed E-state index contributed by atoms with van der Waals surface area (Å²) in [5.74, 6) is -0.0838. The maximum atomic E-state index is 13.7. The SMILES string of the molecule is CCc1ccc(S(=O)(=O)NCCc2nc(-c3ccccc3F)no2)cc1. The highest BCUT2D eigenvalue weighted by Gasteiger charge is 2.15. The van der Waals surface area contributed by atoms with Crippen molar-refractivity contribution in [2.75, 3.05) is 6.54 Å². The maximum absolute atomic E-state index is 13.7. The molecule has 136 valence electrons. The molecule has 3 rings (SSSR count). The van der Waals surface area contributed by atoms with Crippen molar-refractivity contribution in [3.63, 3.8) is 0 Å². The Balaban J connectivity index is 1.62. The van der Waals surface area contributed by atoms with Gasteiger partial charge in [0.25, 0.3) is 0 Å². The molecule has 0 aliphatic carbocycles. The zero-order valence-electron chi connectivity index (χ0n) is 14.1. The van der Waals surface area contributed by atoms with Gasteiger partial charge in [-0.2, -0.15) is 4.98 Å². The molecule has 6 nitrogen and oxygen atoms in total. The zero-order valence-corrected chi connectivity index (χ0v) is 15.0. The van der Waals surface area contributed by atoms with Crippen molar-refractivity contribution in [1.82, 2.24) is 14.9 Å². The first-order valence-electron chi connectivity index (χ1n) is 8.15. The molecule has 1 heterocycles. The third-order valence-corrected chi connectivity index (χ3v) is 5.33. The fourth-order valence-electron chi connectivity index (χ4n) is 2.39. The molecule has 0 saturated heterocycles. The molecule has 1 N–H and O–H groups in total. The van der Waals surface area contributed by atoms with Crippen molar-refractivity contribution in [3.8, 4) is 11.4 Å². The Hall–Kier alpha value is -2.58. The van der Waals surface area contributed by atoms with Gasteiger partial charge in [-0.3, -0.25) is 0 Å². The number of aryl methyl sites for hydroxylation is 1. The highest BCUT2D eigenvalue weighted by Crippen LogP contribution is 2.19. The van der Waals surface area contributed by atoms with E-state index in [2.05, 4.69) is 14.9 Å². The molecule has 0 saturated carbocycles. The van der Waals surface area contributed by atoms with E-state index < -0.39 is 15.8 Å². The van der Waals surface area contributed by atoms with Crippen LogP contribution in [0.3, 0.4) is 0 Å². The van der Waals surface area contributed by atoms with Crippen molar-refractivity contribution < 1.29 is 17.3 Å². The third-order valence-electron chi connectivity index (χ3n) is 3.86. The third kappa shape index (κ3) is 4.14. The summed E-state index contributed by atoms with van der Waals surface area (Å²) < 4.78 is 45.8. The molecule has 0 aliphatic rings. The van der Waals surface area contributed by atoms with E-state index in [1.165, 1.54) is 6.07 Å². The van der Waals surface area contributed by atoms with Gasteiger partial charge < -0.3 is 4.52 Å². The molecule has 0 atom stereocenters. The number of benzene rings is 2. The first kappa shape index (κ1) is 18.2. The summed E-state index contributed by atoms with van der Waals surface area (Å²) in [7, 11) is -3.61. The molecular weight excluding hydrogens is 357 g/mol. The Labute approximate surface area is 151 Å². The topological polar surface area (TPSA) is 85.1 Å². The minimum Gasteiger partial charge on any atom is -0.339 e. The Kier molecular flexibility index (Phi) is 5.43. The lowest BCUT2D eigenvalue weighted by Gasteiger charge is -2.06. The summed E-state index contributed by atoms with van der Waals surface area (Å²) in [6.45, 7) is 2.10. The fourth-order valence-corrected chi connectivity index (χ4v) is 3.42. The monoisotopic (exact) mass is 375 g/mol. The van der Waals surface area contributed by atoms with Crippen LogP contribution in [-0.4, -0.2) is 25.1 Å². The summed E-state index contributed by atoms with van der Waals surface area (Å²) in [6.07, 6.45) is 1.04. The van der Waals surface area contributed by atoms with Gasteiger partial charge in [-0.15, -0.1) is 0 Å². The van der Waals surface area contributed by atoms with E-state index >= 15 is 0 Å². The van der Waals surface area contributed by atoms with Gasteiger partial charge in [-0.1, -0.05) is 36.3 Å². The Morgan fingerprint density at radius 1 is 1.12 bits per heavy atom. The Bertz CT molecular complexity index is 985. The second kappa shape index (κ2) is 7.76. The highest BCUT2D eigenvalue weighted by molar-refractivity contribution is 7.89. The molecule has 8 heteroatoms. The number of hydrogen-bond donors (Lipinski definition) is 1. The van der Waals surface area contributed by atoms with Crippen LogP contribution < -0.4 is 4.72 Å². The van der Waals surface area contributed by atoms with Crippen molar-refractivity contribution >= 4 is 10.0 Å². The lowest BCUT2D eigenvalue weighted by molar-refractivity contribution is 0.378. The molecule has 0 bridgehead atoms. The number of nitrogens with one attached hydrogen (secondary N) is 1. The second-order valence-electron chi connectivity index (χ2n) is 5.64. The Morgan fingerprint density at radius 3 is 2.54 bits per heavy atom. The average Bonchev–Trinajstić information content (AvgIpc) is 3.10. The first-order chi connectivity index (χ1) is 12.5. The molecule has 0 aliphatic heterocycles. The van der Waals surface area contributed by atoms with Crippen molar-refractivity contribution in [3.05, 3.63) is 65.8 Å². The predicted molar refractivity (Wildman–Crippen MR) is 94.4 cm³/mol. The van der Waals surface area contributed by atoms with E-state index in [0.29, 0.717) is 0 Å². The van der Waals surface area contributed by atoms with E-state index in [4.69, 9.17) is 4.52 Å². The molecule has 26 heavy (non-hydrogen) atoms. The lowest BCUT2D eigenvalue weighted by atomic mass is 10.2. The smallest absolute Gasteiger partial charge is 0.240 e. The van der Waals surface area contributed by atoms with Crippen LogP contribution in [0.1, 0.15) is 18.4 Å². The molecule has 2 aromatic carbocycles.